The SMILES string of the molecule is Nc1cc(F)ccc1-c1nnnn1Cc1ccccc1Cl. The molecule has 0 saturated carbocycles. The lowest BCUT2D eigenvalue weighted by Gasteiger charge is -2.08. The molecule has 5 nitrogen and oxygen atoms in total. The minimum atomic E-state index is -0.402. The summed E-state index contributed by atoms with van der Waals surface area (Å²) in [5.41, 5.74) is 7.57. The van der Waals surface area contributed by atoms with E-state index in [9.17, 15) is 4.39 Å². The lowest BCUT2D eigenvalue weighted by Crippen LogP contribution is -2.06. The van der Waals surface area contributed by atoms with Gasteiger partial charge in [-0.3, -0.25) is 0 Å². The molecule has 2 aromatic carbocycles. The number of nitrogen functional groups attached to an aromatic ring is 1. The highest BCUT2D eigenvalue weighted by Crippen LogP contribution is 2.25. The minimum Gasteiger partial charge on any atom is -0.398 e. The monoisotopic (exact) mass is 303 g/mol. The van der Waals surface area contributed by atoms with E-state index in [1.54, 1.807) is 16.8 Å². The first-order valence-electron chi connectivity index (χ1n) is 6.20. The molecule has 106 valence electrons. The quantitative estimate of drug-likeness (QED) is 0.755. The van der Waals surface area contributed by atoms with E-state index in [0.29, 0.717) is 23.0 Å². The molecule has 1 heterocycles. The van der Waals surface area contributed by atoms with Crippen LogP contribution in [0.25, 0.3) is 11.4 Å². The highest BCUT2D eigenvalue weighted by atomic mass is 35.5. The van der Waals surface area contributed by atoms with E-state index in [4.69, 9.17) is 17.3 Å². The van der Waals surface area contributed by atoms with E-state index in [0.717, 1.165) is 5.56 Å². The van der Waals surface area contributed by atoms with Crippen LogP contribution in [-0.2, 0) is 6.54 Å². The number of benzene rings is 2. The summed E-state index contributed by atoms with van der Waals surface area (Å²) in [6, 6.07) is 11.5. The number of aromatic nitrogens is 4. The van der Waals surface area contributed by atoms with Crippen LogP contribution in [0.3, 0.4) is 0 Å². The van der Waals surface area contributed by atoms with Crippen molar-refractivity contribution in [2.75, 3.05) is 5.73 Å². The fourth-order valence-corrected chi connectivity index (χ4v) is 2.22. The molecule has 0 amide bonds. The van der Waals surface area contributed by atoms with Gasteiger partial charge in [-0.2, -0.15) is 0 Å². The smallest absolute Gasteiger partial charge is 0.184 e. The summed E-state index contributed by atoms with van der Waals surface area (Å²) in [7, 11) is 0. The highest BCUT2D eigenvalue weighted by molar-refractivity contribution is 6.31. The Bertz CT molecular complexity index is 787. The van der Waals surface area contributed by atoms with E-state index in [1.807, 2.05) is 18.2 Å². The molecule has 0 fully saturated rings. The first kappa shape index (κ1) is 13.5. The van der Waals surface area contributed by atoms with Crippen LogP contribution in [0.4, 0.5) is 10.1 Å². The number of halogens is 2. The summed E-state index contributed by atoms with van der Waals surface area (Å²) < 4.78 is 14.7. The van der Waals surface area contributed by atoms with Crippen LogP contribution in [0.5, 0.6) is 0 Å². The molecule has 3 rings (SSSR count). The van der Waals surface area contributed by atoms with Gasteiger partial charge in [-0.1, -0.05) is 29.8 Å². The molecule has 0 spiro atoms. The fraction of sp³-hybridized carbons (Fsp3) is 0.0714. The Hall–Kier alpha value is -2.47. The molecule has 0 aliphatic rings. The van der Waals surface area contributed by atoms with Crippen LogP contribution >= 0.6 is 11.6 Å². The van der Waals surface area contributed by atoms with Gasteiger partial charge in [-0.25, -0.2) is 9.07 Å². The Morgan fingerprint density at radius 1 is 1.19 bits per heavy atom. The molecule has 2 N–H and O–H groups in total. The number of rotatable bonds is 3. The summed E-state index contributed by atoms with van der Waals surface area (Å²) in [6.45, 7) is 0.402. The maximum Gasteiger partial charge on any atom is 0.184 e. The van der Waals surface area contributed by atoms with Crippen molar-refractivity contribution < 1.29 is 4.39 Å². The lowest BCUT2D eigenvalue weighted by atomic mass is 10.1. The van der Waals surface area contributed by atoms with E-state index >= 15 is 0 Å². The molecule has 21 heavy (non-hydrogen) atoms. The summed E-state index contributed by atoms with van der Waals surface area (Å²) in [4.78, 5) is 0. The van der Waals surface area contributed by atoms with Gasteiger partial charge in [-0.15, -0.1) is 5.10 Å². The second-order valence-corrected chi connectivity index (χ2v) is 4.89. The van der Waals surface area contributed by atoms with E-state index < -0.39 is 5.82 Å². The van der Waals surface area contributed by atoms with Crippen LogP contribution in [0, 0.1) is 5.82 Å². The zero-order chi connectivity index (χ0) is 14.8. The Kier molecular flexibility index (Phi) is 3.53. The van der Waals surface area contributed by atoms with Gasteiger partial charge >= 0.3 is 0 Å². The van der Waals surface area contributed by atoms with Crippen LogP contribution in [0.1, 0.15) is 5.56 Å². The largest absolute Gasteiger partial charge is 0.398 e. The molecular formula is C14H11ClFN5. The Balaban J connectivity index is 2.00. The van der Waals surface area contributed by atoms with Crippen molar-refractivity contribution in [2.24, 2.45) is 0 Å². The van der Waals surface area contributed by atoms with E-state index in [-0.39, 0.29) is 5.69 Å². The molecule has 0 aliphatic carbocycles. The van der Waals surface area contributed by atoms with E-state index in [1.165, 1.54) is 12.1 Å². The molecule has 0 unspecified atom stereocenters. The first-order chi connectivity index (χ1) is 10.1. The highest BCUT2D eigenvalue weighted by Gasteiger charge is 2.13. The Morgan fingerprint density at radius 3 is 2.76 bits per heavy atom. The molecule has 1 aromatic heterocycles. The first-order valence-corrected chi connectivity index (χ1v) is 6.58. The molecule has 0 aliphatic heterocycles. The number of hydrogen-bond donors (Lipinski definition) is 1. The van der Waals surface area contributed by atoms with Crippen molar-refractivity contribution in [3.05, 3.63) is 58.9 Å². The third-order valence-electron chi connectivity index (χ3n) is 3.06. The summed E-state index contributed by atoms with van der Waals surface area (Å²) in [5, 5.41) is 12.2. The number of tetrazole rings is 1. The Labute approximate surface area is 125 Å². The van der Waals surface area contributed by atoms with Crippen molar-refractivity contribution in [2.45, 2.75) is 6.54 Å². The summed E-state index contributed by atoms with van der Waals surface area (Å²) >= 11 is 6.14. The summed E-state index contributed by atoms with van der Waals surface area (Å²) in [5.74, 6) is 0.0637. The number of hydrogen-bond acceptors (Lipinski definition) is 4. The predicted molar refractivity (Wildman–Crippen MR) is 78.2 cm³/mol. The van der Waals surface area contributed by atoms with Crippen molar-refractivity contribution in [3.63, 3.8) is 0 Å². The Morgan fingerprint density at radius 2 is 2.00 bits per heavy atom. The number of nitrogens with zero attached hydrogens (tertiary/aromatic N) is 4. The van der Waals surface area contributed by atoms with Gasteiger partial charge in [0, 0.05) is 16.3 Å². The van der Waals surface area contributed by atoms with Crippen molar-refractivity contribution >= 4 is 17.3 Å². The average Bonchev–Trinajstić information content (AvgIpc) is 2.89. The predicted octanol–water partition coefficient (Wildman–Crippen LogP) is 2.76. The lowest BCUT2D eigenvalue weighted by molar-refractivity contribution is 0.628. The van der Waals surface area contributed by atoms with Crippen LogP contribution in [0.15, 0.2) is 42.5 Å². The van der Waals surface area contributed by atoms with Crippen LogP contribution in [-0.4, -0.2) is 20.2 Å². The second-order valence-electron chi connectivity index (χ2n) is 4.48. The second kappa shape index (κ2) is 5.49. The van der Waals surface area contributed by atoms with Crippen molar-refractivity contribution in [3.8, 4) is 11.4 Å². The molecule has 0 saturated heterocycles. The van der Waals surface area contributed by atoms with Gasteiger partial charge in [0.05, 0.1) is 6.54 Å². The van der Waals surface area contributed by atoms with Gasteiger partial charge in [0.25, 0.3) is 0 Å². The van der Waals surface area contributed by atoms with Gasteiger partial charge in [0.2, 0.25) is 0 Å². The maximum absolute atomic E-state index is 13.1. The van der Waals surface area contributed by atoms with Crippen LogP contribution < -0.4 is 5.73 Å². The number of nitrogens with two attached hydrogens (primary N) is 1. The molecule has 7 heteroatoms. The van der Waals surface area contributed by atoms with Gasteiger partial charge in [0.15, 0.2) is 5.82 Å². The summed E-state index contributed by atoms with van der Waals surface area (Å²) in [6.07, 6.45) is 0. The molecule has 0 atom stereocenters. The van der Waals surface area contributed by atoms with Gasteiger partial charge in [0.1, 0.15) is 5.82 Å². The standard InChI is InChI=1S/C14H11ClFN5/c15-12-4-2-1-3-9(12)8-21-14(18-19-20-21)11-6-5-10(16)7-13(11)17/h1-7H,8,17H2. The molecule has 0 radical (unpaired) electrons. The average molecular weight is 304 g/mol. The third kappa shape index (κ3) is 2.71. The van der Waals surface area contributed by atoms with Gasteiger partial charge in [-0.05, 0) is 40.3 Å². The molecule has 0 bridgehead atoms. The normalized spacial score (nSPS) is 10.8. The minimum absolute atomic E-state index is 0.283. The third-order valence-corrected chi connectivity index (χ3v) is 3.43. The zero-order valence-electron chi connectivity index (χ0n) is 10.9. The van der Waals surface area contributed by atoms with Crippen LogP contribution in [0.2, 0.25) is 5.02 Å². The van der Waals surface area contributed by atoms with Crippen molar-refractivity contribution in [1.82, 2.24) is 20.2 Å². The zero-order valence-corrected chi connectivity index (χ0v) is 11.6. The van der Waals surface area contributed by atoms with Gasteiger partial charge < -0.3 is 5.73 Å². The topological polar surface area (TPSA) is 69.6 Å². The maximum atomic E-state index is 13.1. The van der Waals surface area contributed by atoms with Crippen molar-refractivity contribution in [1.29, 1.82) is 0 Å². The molecular weight excluding hydrogens is 293 g/mol. The molecule has 3 aromatic rings. The number of anilines is 1. The fourth-order valence-electron chi connectivity index (χ4n) is 2.03. The van der Waals surface area contributed by atoms with E-state index in [2.05, 4.69) is 15.5 Å².